The summed E-state index contributed by atoms with van der Waals surface area (Å²) in [7, 11) is 0. The summed E-state index contributed by atoms with van der Waals surface area (Å²) < 4.78 is 13.5. The van der Waals surface area contributed by atoms with Gasteiger partial charge in [0, 0.05) is 9.75 Å². The molecule has 1 heterocycles. The van der Waals surface area contributed by atoms with E-state index in [0.717, 1.165) is 17.5 Å². The molecule has 1 aromatic carbocycles. The van der Waals surface area contributed by atoms with Gasteiger partial charge in [-0.05, 0) is 67.5 Å². The van der Waals surface area contributed by atoms with Crippen LogP contribution in [0.25, 0.3) is 0 Å². The van der Waals surface area contributed by atoms with E-state index in [0.29, 0.717) is 0 Å². The van der Waals surface area contributed by atoms with Crippen LogP contribution in [0.4, 0.5) is 4.39 Å². The van der Waals surface area contributed by atoms with Crippen LogP contribution in [0.15, 0.2) is 24.3 Å². The van der Waals surface area contributed by atoms with Crippen molar-refractivity contribution in [1.29, 1.82) is 0 Å². The highest BCUT2D eigenvalue weighted by atomic mass is 32.1. The van der Waals surface area contributed by atoms with Crippen molar-refractivity contribution in [1.82, 2.24) is 5.43 Å². The first kappa shape index (κ1) is 13.7. The van der Waals surface area contributed by atoms with E-state index in [1.807, 2.05) is 24.3 Å². The molecule has 1 atom stereocenters. The predicted molar refractivity (Wildman–Crippen MR) is 81.3 cm³/mol. The van der Waals surface area contributed by atoms with Crippen molar-refractivity contribution in [3.8, 4) is 0 Å². The van der Waals surface area contributed by atoms with Crippen LogP contribution in [0.5, 0.6) is 0 Å². The molecule has 3 rings (SSSR count). The summed E-state index contributed by atoms with van der Waals surface area (Å²) in [5.41, 5.74) is 6.28. The molecule has 1 aliphatic carbocycles. The number of thiophene rings is 1. The number of rotatable bonds is 3. The maximum atomic E-state index is 13.5. The van der Waals surface area contributed by atoms with Gasteiger partial charge in [0.2, 0.25) is 0 Å². The number of halogens is 1. The Balaban J connectivity index is 2.01. The summed E-state index contributed by atoms with van der Waals surface area (Å²) in [6.07, 6.45) is 4.86. The van der Waals surface area contributed by atoms with Gasteiger partial charge in [0.15, 0.2) is 0 Å². The lowest BCUT2D eigenvalue weighted by Gasteiger charge is -2.17. The van der Waals surface area contributed by atoms with Gasteiger partial charge in [-0.25, -0.2) is 9.82 Å². The Kier molecular flexibility index (Phi) is 3.87. The first-order valence-electron chi connectivity index (χ1n) is 7.02. The summed E-state index contributed by atoms with van der Waals surface area (Å²) >= 11 is 1.81. The van der Waals surface area contributed by atoms with Gasteiger partial charge in [-0.15, -0.1) is 11.3 Å². The van der Waals surface area contributed by atoms with Crippen LogP contribution in [0.3, 0.4) is 0 Å². The van der Waals surface area contributed by atoms with E-state index < -0.39 is 0 Å². The fourth-order valence-corrected chi connectivity index (χ4v) is 4.24. The molecular weight excluding hydrogens is 271 g/mol. The molecule has 0 fully saturated rings. The molecule has 0 radical (unpaired) electrons. The molecule has 0 bridgehead atoms. The van der Waals surface area contributed by atoms with E-state index in [-0.39, 0.29) is 11.9 Å². The second-order valence-electron chi connectivity index (χ2n) is 5.40. The molecular formula is C16H19FN2S. The first-order valence-corrected chi connectivity index (χ1v) is 7.84. The minimum Gasteiger partial charge on any atom is -0.271 e. The van der Waals surface area contributed by atoms with Gasteiger partial charge in [0.1, 0.15) is 5.82 Å². The van der Waals surface area contributed by atoms with Crippen molar-refractivity contribution in [2.24, 2.45) is 5.84 Å². The van der Waals surface area contributed by atoms with Crippen LogP contribution in [-0.2, 0) is 12.8 Å². The summed E-state index contributed by atoms with van der Waals surface area (Å²) in [6.45, 7) is 1.99. The van der Waals surface area contributed by atoms with Crippen LogP contribution in [0, 0.1) is 12.7 Å². The number of aryl methyl sites for hydroxylation is 3. The molecule has 3 N–H and O–H groups in total. The van der Waals surface area contributed by atoms with Crippen molar-refractivity contribution < 1.29 is 4.39 Å². The highest BCUT2D eigenvalue weighted by molar-refractivity contribution is 7.12. The van der Waals surface area contributed by atoms with Crippen LogP contribution >= 0.6 is 11.3 Å². The van der Waals surface area contributed by atoms with Gasteiger partial charge in [-0.1, -0.05) is 6.07 Å². The minimum atomic E-state index is -0.216. The first-order chi connectivity index (χ1) is 9.69. The van der Waals surface area contributed by atoms with Gasteiger partial charge in [0.25, 0.3) is 0 Å². The van der Waals surface area contributed by atoms with Gasteiger partial charge in [-0.2, -0.15) is 0 Å². The molecule has 0 spiro atoms. The molecule has 0 saturated heterocycles. The number of nitrogens with two attached hydrogens (primary N) is 1. The number of nitrogens with one attached hydrogen (secondary N) is 1. The average molecular weight is 290 g/mol. The Morgan fingerprint density at radius 2 is 2.05 bits per heavy atom. The maximum absolute atomic E-state index is 13.5. The average Bonchev–Trinajstić information content (AvgIpc) is 2.87. The molecule has 1 unspecified atom stereocenters. The standard InChI is InChI=1S/C16H19FN2S/c1-10-6-7-12(17)9-13(10)16(19-18)15-8-11-4-2-3-5-14(11)20-15/h6-9,16,19H,2-5,18H2,1H3. The van der Waals surface area contributed by atoms with E-state index in [4.69, 9.17) is 5.84 Å². The molecule has 20 heavy (non-hydrogen) atoms. The topological polar surface area (TPSA) is 38.0 Å². The molecule has 1 aliphatic rings. The maximum Gasteiger partial charge on any atom is 0.123 e. The lowest BCUT2D eigenvalue weighted by Crippen LogP contribution is -2.28. The number of hydrogen-bond donors (Lipinski definition) is 2. The van der Waals surface area contributed by atoms with E-state index in [9.17, 15) is 4.39 Å². The predicted octanol–water partition coefficient (Wildman–Crippen LogP) is 3.63. The summed E-state index contributed by atoms with van der Waals surface area (Å²) in [6, 6.07) is 7.00. The van der Waals surface area contributed by atoms with Gasteiger partial charge >= 0.3 is 0 Å². The largest absolute Gasteiger partial charge is 0.271 e. The Morgan fingerprint density at radius 3 is 2.80 bits per heavy atom. The van der Waals surface area contributed by atoms with Crippen LogP contribution < -0.4 is 11.3 Å². The van der Waals surface area contributed by atoms with Crippen molar-refractivity contribution in [3.63, 3.8) is 0 Å². The van der Waals surface area contributed by atoms with E-state index in [2.05, 4.69) is 11.5 Å². The smallest absolute Gasteiger partial charge is 0.123 e. The molecule has 0 aliphatic heterocycles. The number of hydrazine groups is 1. The Labute approximate surface area is 122 Å². The summed E-state index contributed by atoms with van der Waals surface area (Å²) in [5.74, 6) is 5.53. The van der Waals surface area contributed by atoms with Crippen molar-refractivity contribution in [2.45, 2.75) is 38.6 Å². The number of fused-ring (bicyclic) bond motifs is 1. The second-order valence-corrected chi connectivity index (χ2v) is 6.57. The number of benzene rings is 1. The van der Waals surface area contributed by atoms with Gasteiger partial charge < -0.3 is 0 Å². The fraction of sp³-hybridized carbons (Fsp3) is 0.375. The van der Waals surface area contributed by atoms with Crippen LogP contribution in [0.2, 0.25) is 0 Å². The lowest BCUT2D eigenvalue weighted by molar-refractivity contribution is 0.606. The fourth-order valence-electron chi connectivity index (χ4n) is 2.90. The van der Waals surface area contributed by atoms with Crippen LogP contribution in [0.1, 0.15) is 45.3 Å². The molecule has 0 amide bonds. The molecule has 1 aromatic heterocycles. The SMILES string of the molecule is Cc1ccc(F)cc1C(NN)c1cc2c(s1)CCCC2. The van der Waals surface area contributed by atoms with E-state index in [1.54, 1.807) is 6.07 Å². The van der Waals surface area contributed by atoms with E-state index >= 15 is 0 Å². The third-order valence-corrected chi connectivity index (χ3v) is 5.32. The Hall–Kier alpha value is -1.23. The molecule has 106 valence electrons. The lowest BCUT2D eigenvalue weighted by atomic mass is 9.96. The third kappa shape index (κ3) is 2.51. The minimum absolute atomic E-state index is 0.124. The van der Waals surface area contributed by atoms with Crippen molar-refractivity contribution >= 4 is 11.3 Å². The molecule has 2 nitrogen and oxygen atoms in total. The summed E-state index contributed by atoms with van der Waals surface area (Å²) in [4.78, 5) is 2.66. The monoisotopic (exact) mass is 290 g/mol. The zero-order valence-corrected chi connectivity index (χ0v) is 12.4. The second kappa shape index (κ2) is 5.64. The third-order valence-electron chi connectivity index (χ3n) is 4.02. The highest BCUT2D eigenvalue weighted by Gasteiger charge is 2.21. The molecule has 2 aromatic rings. The van der Waals surface area contributed by atoms with Gasteiger partial charge in [0.05, 0.1) is 6.04 Å². The van der Waals surface area contributed by atoms with Crippen LogP contribution in [-0.4, -0.2) is 0 Å². The molecule has 4 heteroatoms. The zero-order chi connectivity index (χ0) is 14.1. The Bertz CT molecular complexity index is 597. The molecule has 0 saturated carbocycles. The zero-order valence-electron chi connectivity index (χ0n) is 11.6. The summed E-state index contributed by atoms with van der Waals surface area (Å²) in [5, 5.41) is 0. The van der Waals surface area contributed by atoms with Crippen molar-refractivity contribution in [2.75, 3.05) is 0 Å². The van der Waals surface area contributed by atoms with Gasteiger partial charge in [-0.3, -0.25) is 5.84 Å². The Morgan fingerprint density at radius 1 is 1.25 bits per heavy atom. The number of hydrogen-bond acceptors (Lipinski definition) is 3. The normalized spacial score (nSPS) is 15.9. The quantitative estimate of drug-likeness (QED) is 0.669. The van der Waals surface area contributed by atoms with E-state index in [1.165, 1.54) is 40.6 Å². The highest BCUT2D eigenvalue weighted by Crippen LogP contribution is 2.36. The van der Waals surface area contributed by atoms with Crippen molar-refractivity contribution in [3.05, 3.63) is 56.5 Å².